The summed E-state index contributed by atoms with van der Waals surface area (Å²) in [7, 11) is 1.48. The van der Waals surface area contributed by atoms with E-state index in [0.29, 0.717) is 29.8 Å². The molecule has 170 valence electrons. The van der Waals surface area contributed by atoms with Gasteiger partial charge in [-0.3, -0.25) is 9.59 Å². The van der Waals surface area contributed by atoms with Crippen LogP contribution in [0.3, 0.4) is 0 Å². The Labute approximate surface area is 193 Å². The first-order chi connectivity index (χ1) is 15.0. The summed E-state index contributed by atoms with van der Waals surface area (Å²) in [5.41, 5.74) is 1.55. The van der Waals surface area contributed by atoms with Gasteiger partial charge >= 0.3 is 0 Å². The summed E-state index contributed by atoms with van der Waals surface area (Å²) in [6, 6.07) is 9.10. The molecular formula is C25H28ClNO5. The third-order valence-corrected chi connectivity index (χ3v) is 5.92. The van der Waals surface area contributed by atoms with Crippen molar-refractivity contribution in [1.29, 1.82) is 0 Å². The van der Waals surface area contributed by atoms with E-state index in [1.807, 2.05) is 33.8 Å². The van der Waals surface area contributed by atoms with Gasteiger partial charge in [-0.15, -0.1) is 0 Å². The van der Waals surface area contributed by atoms with Gasteiger partial charge in [-0.25, -0.2) is 0 Å². The minimum atomic E-state index is -0.837. The molecule has 0 spiro atoms. The summed E-state index contributed by atoms with van der Waals surface area (Å²) in [6.07, 6.45) is 0.623. The van der Waals surface area contributed by atoms with Gasteiger partial charge in [0.05, 0.1) is 29.3 Å². The van der Waals surface area contributed by atoms with E-state index in [1.54, 1.807) is 18.2 Å². The number of benzene rings is 2. The quantitative estimate of drug-likeness (QED) is 0.367. The van der Waals surface area contributed by atoms with Crippen molar-refractivity contribution >= 4 is 29.1 Å². The maximum atomic E-state index is 13.1. The topological polar surface area (TPSA) is 87.1 Å². The number of carbonyl (C=O) groups is 2. The van der Waals surface area contributed by atoms with Crippen LogP contribution in [0.2, 0.25) is 5.02 Å². The van der Waals surface area contributed by atoms with E-state index in [4.69, 9.17) is 16.3 Å². The third-order valence-electron chi connectivity index (χ3n) is 5.61. The van der Waals surface area contributed by atoms with Crippen molar-refractivity contribution in [3.63, 3.8) is 0 Å². The van der Waals surface area contributed by atoms with Gasteiger partial charge in [-0.1, -0.05) is 51.4 Å². The monoisotopic (exact) mass is 457 g/mol. The van der Waals surface area contributed by atoms with Crippen molar-refractivity contribution < 1.29 is 24.5 Å². The fourth-order valence-corrected chi connectivity index (χ4v) is 4.08. The smallest absolute Gasteiger partial charge is 0.295 e. The van der Waals surface area contributed by atoms with Crippen LogP contribution in [0.1, 0.15) is 56.8 Å². The number of aliphatic hydroxyl groups excluding tert-OH is 1. The number of hydrogen-bond donors (Lipinski definition) is 2. The molecule has 0 saturated carbocycles. The Morgan fingerprint density at radius 3 is 2.41 bits per heavy atom. The highest BCUT2D eigenvalue weighted by molar-refractivity contribution is 6.46. The Kier molecular flexibility index (Phi) is 6.56. The second kappa shape index (κ2) is 8.87. The van der Waals surface area contributed by atoms with Crippen molar-refractivity contribution in [2.75, 3.05) is 13.7 Å². The van der Waals surface area contributed by atoms with Gasteiger partial charge in [-0.2, -0.15) is 0 Å². The Morgan fingerprint density at radius 1 is 1.16 bits per heavy atom. The van der Waals surface area contributed by atoms with Crippen LogP contribution in [0.4, 0.5) is 0 Å². The van der Waals surface area contributed by atoms with Crippen LogP contribution < -0.4 is 4.74 Å². The number of nitrogens with zero attached hydrogens (tertiary/aromatic N) is 1. The van der Waals surface area contributed by atoms with Crippen molar-refractivity contribution in [3.8, 4) is 11.5 Å². The fourth-order valence-electron chi connectivity index (χ4n) is 3.90. The summed E-state index contributed by atoms with van der Waals surface area (Å²) in [5, 5.41) is 21.3. The van der Waals surface area contributed by atoms with Crippen molar-refractivity contribution in [2.45, 2.75) is 45.6 Å². The molecular weight excluding hydrogens is 430 g/mol. The predicted octanol–water partition coefficient (Wildman–Crippen LogP) is 5.18. The van der Waals surface area contributed by atoms with E-state index < -0.39 is 17.7 Å². The van der Waals surface area contributed by atoms with Crippen LogP contribution in [-0.2, 0) is 15.0 Å². The number of phenols is 1. The second-order valence-corrected chi connectivity index (χ2v) is 9.28. The van der Waals surface area contributed by atoms with Crippen LogP contribution in [-0.4, -0.2) is 40.5 Å². The molecule has 3 rings (SSSR count). The van der Waals surface area contributed by atoms with E-state index >= 15 is 0 Å². The van der Waals surface area contributed by atoms with Crippen molar-refractivity contribution in [1.82, 2.24) is 4.90 Å². The van der Waals surface area contributed by atoms with Gasteiger partial charge in [0, 0.05) is 6.54 Å². The van der Waals surface area contributed by atoms with E-state index in [2.05, 4.69) is 0 Å². The molecule has 0 radical (unpaired) electrons. The number of likely N-dealkylation sites (tertiary alicyclic amines) is 1. The number of methoxy groups -OCH3 is 1. The first-order valence-electron chi connectivity index (χ1n) is 10.5. The molecule has 7 heteroatoms. The zero-order valence-electron chi connectivity index (χ0n) is 18.9. The molecule has 6 nitrogen and oxygen atoms in total. The summed E-state index contributed by atoms with van der Waals surface area (Å²) < 4.78 is 5.45. The van der Waals surface area contributed by atoms with Gasteiger partial charge in [0.15, 0.2) is 0 Å². The van der Waals surface area contributed by atoms with Gasteiger partial charge < -0.3 is 19.8 Å². The molecule has 1 atom stereocenters. The molecule has 0 aromatic heterocycles. The molecule has 1 unspecified atom stereocenters. The summed E-state index contributed by atoms with van der Waals surface area (Å²) in [5.74, 6) is -1.48. The number of rotatable bonds is 5. The molecule has 2 aromatic carbocycles. The predicted molar refractivity (Wildman–Crippen MR) is 124 cm³/mol. The van der Waals surface area contributed by atoms with Crippen LogP contribution in [0.25, 0.3) is 5.76 Å². The fraction of sp³-hybridized carbons (Fsp3) is 0.360. The molecule has 0 aliphatic carbocycles. The van der Waals surface area contributed by atoms with Crippen molar-refractivity contribution in [2.24, 2.45) is 0 Å². The molecule has 0 bridgehead atoms. The zero-order chi connectivity index (χ0) is 23.8. The Hall–Kier alpha value is -2.99. The number of ether oxygens (including phenoxy) is 1. The Morgan fingerprint density at radius 2 is 1.84 bits per heavy atom. The number of amides is 1. The number of carbonyl (C=O) groups excluding carboxylic acids is 2. The van der Waals surface area contributed by atoms with Crippen molar-refractivity contribution in [3.05, 3.63) is 63.7 Å². The van der Waals surface area contributed by atoms with E-state index in [1.165, 1.54) is 24.1 Å². The molecule has 1 heterocycles. The second-order valence-electron chi connectivity index (χ2n) is 8.87. The molecule has 1 fully saturated rings. The normalized spacial score (nSPS) is 18.3. The number of phenolic OH excluding ortho intramolecular Hbond substituents is 1. The van der Waals surface area contributed by atoms with Crippen LogP contribution >= 0.6 is 11.6 Å². The van der Waals surface area contributed by atoms with Crippen LogP contribution in [0.5, 0.6) is 11.5 Å². The Balaban J connectivity index is 2.29. The van der Waals surface area contributed by atoms with E-state index in [-0.39, 0.29) is 27.5 Å². The van der Waals surface area contributed by atoms with E-state index in [9.17, 15) is 19.8 Å². The highest BCUT2D eigenvalue weighted by atomic mass is 35.5. The minimum absolute atomic E-state index is 0.0328. The lowest BCUT2D eigenvalue weighted by Crippen LogP contribution is -2.30. The number of aromatic hydroxyl groups is 1. The van der Waals surface area contributed by atoms with Gasteiger partial charge in [0.2, 0.25) is 0 Å². The lowest BCUT2D eigenvalue weighted by atomic mass is 9.85. The average Bonchev–Trinajstić information content (AvgIpc) is 2.99. The molecule has 1 saturated heterocycles. The maximum Gasteiger partial charge on any atom is 0.295 e. The highest BCUT2D eigenvalue weighted by Gasteiger charge is 2.46. The lowest BCUT2D eigenvalue weighted by molar-refractivity contribution is -0.139. The average molecular weight is 458 g/mol. The van der Waals surface area contributed by atoms with E-state index in [0.717, 1.165) is 5.56 Å². The molecule has 1 amide bonds. The first-order valence-corrected chi connectivity index (χ1v) is 10.8. The first kappa shape index (κ1) is 23.7. The molecule has 1 aliphatic heterocycles. The highest BCUT2D eigenvalue weighted by Crippen LogP contribution is 2.43. The number of aliphatic hydroxyl groups is 1. The summed E-state index contributed by atoms with van der Waals surface area (Å²) in [4.78, 5) is 27.4. The third kappa shape index (κ3) is 4.19. The molecule has 2 N–H and O–H groups in total. The standard InChI is InChI=1S/C25H28ClNO5/c1-6-11-27-21(14-7-9-18(28)17(26)12-14)20(23(30)24(27)31)22(29)16-13-15(25(2,3)4)8-10-19(16)32-5/h7-10,12-13,21,28-29H,6,11H2,1-5H3/b22-20+. The number of ketones is 1. The molecule has 2 aromatic rings. The number of halogens is 1. The Bertz CT molecular complexity index is 1100. The number of hydrogen-bond acceptors (Lipinski definition) is 5. The zero-order valence-corrected chi connectivity index (χ0v) is 19.7. The molecule has 1 aliphatic rings. The van der Waals surface area contributed by atoms with Gasteiger partial charge in [-0.05, 0) is 47.2 Å². The minimum Gasteiger partial charge on any atom is -0.507 e. The lowest BCUT2D eigenvalue weighted by Gasteiger charge is -2.25. The maximum absolute atomic E-state index is 13.1. The van der Waals surface area contributed by atoms with Gasteiger partial charge in [0.25, 0.3) is 11.7 Å². The SMILES string of the molecule is CCCN1C(=O)C(=O)/C(=C(/O)c2cc(C(C)(C)C)ccc2OC)C1c1ccc(O)c(Cl)c1. The van der Waals surface area contributed by atoms with Crippen LogP contribution in [0, 0.1) is 0 Å². The largest absolute Gasteiger partial charge is 0.507 e. The summed E-state index contributed by atoms with van der Waals surface area (Å²) >= 11 is 6.12. The summed E-state index contributed by atoms with van der Waals surface area (Å²) in [6.45, 7) is 8.34. The number of Topliss-reactive ketones (excluding diaryl/α,β-unsaturated/α-hetero) is 1. The van der Waals surface area contributed by atoms with Gasteiger partial charge in [0.1, 0.15) is 17.3 Å². The van der Waals surface area contributed by atoms with Crippen LogP contribution in [0.15, 0.2) is 42.0 Å². The molecule has 32 heavy (non-hydrogen) atoms.